The summed E-state index contributed by atoms with van der Waals surface area (Å²) in [6.45, 7) is 4.61. The molecule has 2 heteroatoms. The lowest BCUT2D eigenvalue weighted by atomic mass is 9.71. The molecule has 1 aliphatic rings. The van der Waals surface area contributed by atoms with Crippen LogP contribution in [0.5, 0.6) is 0 Å². The van der Waals surface area contributed by atoms with E-state index in [4.69, 9.17) is 0 Å². The quantitative estimate of drug-likeness (QED) is 0.228. The van der Waals surface area contributed by atoms with Gasteiger partial charge < -0.3 is 9.80 Å². The van der Waals surface area contributed by atoms with E-state index < -0.39 is 0 Å². The number of anilines is 2. The Morgan fingerprint density at radius 2 is 0.829 bits per heavy atom. The van der Waals surface area contributed by atoms with Crippen molar-refractivity contribution in [3.05, 3.63) is 118 Å². The van der Waals surface area contributed by atoms with Gasteiger partial charge in [0.05, 0.1) is 0 Å². The second-order valence-corrected chi connectivity index (χ2v) is 11.5. The predicted molar refractivity (Wildman–Crippen MR) is 176 cm³/mol. The molecule has 0 N–H and O–H groups in total. The second kappa shape index (κ2) is 12.0. The SMILES string of the molecule is CCCC1(CCC)c2cc(C#Cc3ccc(N(C)C)cc3)ccc2-c2ccc(C#Cc3ccc(N(C)C)cc3)cc21. The Balaban J connectivity index is 1.51. The highest BCUT2D eigenvalue weighted by Crippen LogP contribution is 2.54. The summed E-state index contributed by atoms with van der Waals surface area (Å²) in [5.41, 5.74) is 12.1. The van der Waals surface area contributed by atoms with Gasteiger partial charge in [0.1, 0.15) is 0 Å². The number of hydrogen-bond acceptors (Lipinski definition) is 2. The Hall–Kier alpha value is -4.40. The van der Waals surface area contributed by atoms with E-state index in [1.807, 2.05) is 0 Å². The molecule has 5 rings (SSSR count). The van der Waals surface area contributed by atoms with Gasteiger partial charge in [-0.2, -0.15) is 0 Å². The van der Waals surface area contributed by atoms with Crippen LogP contribution in [-0.2, 0) is 5.41 Å². The topological polar surface area (TPSA) is 6.48 Å². The first-order chi connectivity index (χ1) is 19.8. The minimum Gasteiger partial charge on any atom is -0.378 e. The monoisotopic (exact) mass is 536 g/mol. The lowest BCUT2D eigenvalue weighted by Crippen LogP contribution is -2.25. The zero-order chi connectivity index (χ0) is 29.0. The van der Waals surface area contributed by atoms with E-state index in [9.17, 15) is 0 Å². The first kappa shape index (κ1) is 28.1. The Morgan fingerprint density at radius 1 is 0.488 bits per heavy atom. The lowest BCUT2D eigenvalue weighted by Gasteiger charge is -2.32. The molecule has 0 amide bonds. The van der Waals surface area contributed by atoms with Crippen LogP contribution in [0.25, 0.3) is 11.1 Å². The van der Waals surface area contributed by atoms with Crippen LogP contribution >= 0.6 is 0 Å². The van der Waals surface area contributed by atoms with Gasteiger partial charge >= 0.3 is 0 Å². The molecule has 0 bridgehead atoms. The van der Waals surface area contributed by atoms with E-state index in [-0.39, 0.29) is 5.41 Å². The maximum Gasteiger partial charge on any atom is 0.0361 e. The Morgan fingerprint density at radius 3 is 1.17 bits per heavy atom. The minimum absolute atomic E-state index is 0.00966. The van der Waals surface area contributed by atoms with Gasteiger partial charge in [0, 0.05) is 67.2 Å². The fourth-order valence-corrected chi connectivity index (χ4v) is 6.14. The van der Waals surface area contributed by atoms with E-state index in [1.165, 1.54) is 33.6 Å². The molecule has 2 nitrogen and oxygen atoms in total. The van der Waals surface area contributed by atoms with Crippen LogP contribution in [0, 0.1) is 23.7 Å². The van der Waals surface area contributed by atoms with Crippen molar-refractivity contribution in [3.8, 4) is 34.8 Å². The molecular weight excluding hydrogens is 496 g/mol. The fraction of sp³-hybridized carbons (Fsp3) is 0.282. The van der Waals surface area contributed by atoms with Crippen LogP contribution in [0.4, 0.5) is 11.4 Å². The Bertz CT molecular complexity index is 1520. The van der Waals surface area contributed by atoms with Crippen LogP contribution < -0.4 is 9.80 Å². The highest BCUT2D eigenvalue weighted by atomic mass is 15.1. The van der Waals surface area contributed by atoms with Gasteiger partial charge in [0.25, 0.3) is 0 Å². The van der Waals surface area contributed by atoms with Gasteiger partial charge in [-0.05, 0) is 108 Å². The number of benzene rings is 4. The third kappa shape index (κ3) is 5.75. The molecule has 0 saturated heterocycles. The largest absolute Gasteiger partial charge is 0.378 e. The average Bonchev–Trinajstić information content (AvgIpc) is 3.24. The molecule has 0 saturated carbocycles. The van der Waals surface area contributed by atoms with Gasteiger partial charge in [-0.25, -0.2) is 0 Å². The van der Waals surface area contributed by atoms with Gasteiger partial charge in [-0.3, -0.25) is 0 Å². The molecule has 1 aliphatic carbocycles. The number of hydrogen-bond donors (Lipinski definition) is 0. The maximum absolute atomic E-state index is 3.46. The summed E-state index contributed by atoms with van der Waals surface area (Å²) in [4.78, 5) is 4.21. The summed E-state index contributed by atoms with van der Waals surface area (Å²) in [6.07, 6.45) is 4.49. The van der Waals surface area contributed by atoms with Gasteiger partial charge in [0.2, 0.25) is 0 Å². The van der Waals surface area contributed by atoms with E-state index in [1.54, 1.807) is 0 Å². The lowest BCUT2D eigenvalue weighted by molar-refractivity contribution is 0.435. The van der Waals surface area contributed by atoms with Gasteiger partial charge in [0.15, 0.2) is 0 Å². The first-order valence-corrected chi connectivity index (χ1v) is 14.7. The minimum atomic E-state index is -0.00966. The summed E-state index contributed by atoms with van der Waals surface area (Å²) in [6, 6.07) is 30.6. The van der Waals surface area contributed by atoms with Crippen molar-refractivity contribution < 1.29 is 0 Å². The molecule has 4 aromatic rings. The van der Waals surface area contributed by atoms with Crippen molar-refractivity contribution in [1.29, 1.82) is 0 Å². The maximum atomic E-state index is 3.46. The standard InChI is InChI=1S/C39H40N2/c1-7-25-39(26-8-2)37-27-31(11-9-29-13-19-33(20-14-29)40(3)4)17-23-35(37)36-24-18-32(28-38(36)39)12-10-30-15-21-34(22-16-30)41(5)6/h13-24,27-28H,7-8,25-26H2,1-6H3. The van der Waals surface area contributed by atoms with Crippen molar-refractivity contribution in [2.45, 2.75) is 44.9 Å². The van der Waals surface area contributed by atoms with Crippen LogP contribution in [0.1, 0.15) is 72.9 Å². The van der Waals surface area contributed by atoms with Crippen molar-refractivity contribution in [3.63, 3.8) is 0 Å². The molecule has 0 spiro atoms. The predicted octanol–water partition coefficient (Wildman–Crippen LogP) is 8.48. The molecule has 4 aromatic carbocycles. The molecule has 0 heterocycles. The van der Waals surface area contributed by atoms with E-state index in [2.05, 4.69) is 160 Å². The first-order valence-electron chi connectivity index (χ1n) is 14.7. The normalized spacial score (nSPS) is 12.3. The molecule has 0 atom stereocenters. The number of rotatable bonds is 6. The molecule has 0 aromatic heterocycles. The summed E-state index contributed by atoms with van der Waals surface area (Å²) in [5, 5.41) is 0. The van der Waals surface area contributed by atoms with Gasteiger partial charge in [-0.1, -0.05) is 62.5 Å². The molecule has 0 fully saturated rings. The molecule has 41 heavy (non-hydrogen) atoms. The molecule has 0 radical (unpaired) electrons. The zero-order valence-electron chi connectivity index (χ0n) is 25.3. The third-order valence-electron chi connectivity index (χ3n) is 8.18. The van der Waals surface area contributed by atoms with Crippen molar-refractivity contribution in [1.82, 2.24) is 0 Å². The van der Waals surface area contributed by atoms with Crippen LogP contribution in [0.15, 0.2) is 84.9 Å². The van der Waals surface area contributed by atoms with E-state index in [0.717, 1.165) is 47.9 Å². The summed E-state index contributed by atoms with van der Waals surface area (Å²) in [7, 11) is 8.23. The molecule has 206 valence electrons. The summed E-state index contributed by atoms with van der Waals surface area (Å²) < 4.78 is 0. The zero-order valence-corrected chi connectivity index (χ0v) is 25.3. The van der Waals surface area contributed by atoms with Gasteiger partial charge in [-0.15, -0.1) is 0 Å². The Labute approximate surface area is 247 Å². The molecule has 0 unspecified atom stereocenters. The average molecular weight is 537 g/mol. The van der Waals surface area contributed by atoms with E-state index >= 15 is 0 Å². The fourth-order valence-electron chi connectivity index (χ4n) is 6.14. The highest BCUT2D eigenvalue weighted by molar-refractivity contribution is 5.82. The third-order valence-corrected chi connectivity index (χ3v) is 8.18. The van der Waals surface area contributed by atoms with Crippen LogP contribution in [-0.4, -0.2) is 28.2 Å². The summed E-state index contributed by atoms with van der Waals surface area (Å²) >= 11 is 0. The second-order valence-electron chi connectivity index (χ2n) is 11.5. The van der Waals surface area contributed by atoms with Crippen molar-refractivity contribution >= 4 is 11.4 Å². The smallest absolute Gasteiger partial charge is 0.0361 e. The number of fused-ring (bicyclic) bond motifs is 3. The highest BCUT2D eigenvalue weighted by Gasteiger charge is 2.41. The van der Waals surface area contributed by atoms with Crippen LogP contribution in [0.3, 0.4) is 0 Å². The van der Waals surface area contributed by atoms with Crippen molar-refractivity contribution in [2.24, 2.45) is 0 Å². The van der Waals surface area contributed by atoms with Crippen LogP contribution in [0.2, 0.25) is 0 Å². The summed E-state index contributed by atoms with van der Waals surface area (Å²) in [5.74, 6) is 13.7. The number of nitrogens with zero attached hydrogens (tertiary/aromatic N) is 2. The van der Waals surface area contributed by atoms with Crippen molar-refractivity contribution in [2.75, 3.05) is 38.0 Å². The molecular formula is C39H40N2. The Kier molecular flexibility index (Phi) is 8.23. The molecule has 0 aliphatic heterocycles. The van der Waals surface area contributed by atoms with E-state index in [0.29, 0.717) is 0 Å².